The molecular weight excluding hydrogens is 276 g/mol. The normalized spacial score (nSPS) is 17.7. The lowest BCUT2D eigenvalue weighted by molar-refractivity contribution is -0.384. The lowest BCUT2D eigenvalue weighted by Gasteiger charge is -2.16. The summed E-state index contributed by atoms with van der Waals surface area (Å²) in [4.78, 5) is 34.7. The van der Waals surface area contributed by atoms with E-state index in [2.05, 4.69) is 0 Å². The van der Waals surface area contributed by atoms with Crippen molar-refractivity contribution in [1.82, 2.24) is 4.90 Å². The molecule has 1 N–H and O–H groups in total. The minimum Gasteiger partial charge on any atom is -0.481 e. The van der Waals surface area contributed by atoms with Crippen LogP contribution in [0.2, 0.25) is 0 Å². The van der Waals surface area contributed by atoms with E-state index in [1.807, 2.05) is 0 Å². The fraction of sp³-hybridized carbons (Fsp3) is 0.429. The Kier molecular flexibility index (Phi) is 4.52. The third kappa shape index (κ3) is 3.77. The van der Waals surface area contributed by atoms with Gasteiger partial charge in [-0.15, -0.1) is 0 Å². The van der Waals surface area contributed by atoms with Crippen molar-refractivity contribution >= 4 is 17.6 Å². The zero-order valence-electron chi connectivity index (χ0n) is 11.4. The summed E-state index contributed by atoms with van der Waals surface area (Å²) >= 11 is 0. The molecule has 0 spiro atoms. The quantitative estimate of drug-likeness (QED) is 0.660. The number of likely N-dealkylation sites (tertiary alicyclic amines) is 1. The van der Waals surface area contributed by atoms with E-state index in [0.29, 0.717) is 25.1 Å². The van der Waals surface area contributed by atoms with Crippen molar-refractivity contribution in [3.8, 4) is 0 Å². The van der Waals surface area contributed by atoms with Crippen molar-refractivity contribution in [2.45, 2.75) is 19.3 Å². The second kappa shape index (κ2) is 6.34. The van der Waals surface area contributed by atoms with Gasteiger partial charge in [0, 0.05) is 37.2 Å². The van der Waals surface area contributed by atoms with Crippen molar-refractivity contribution in [2.24, 2.45) is 5.92 Å². The van der Waals surface area contributed by atoms with Gasteiger partial charge in [0.1, 0.15) is 0 Å². The molecule has 1 unspecified atom stereocenters. The van der Waals surface area contributed by atoms with Crippen molar-refractivity contribution in [1.29, 1.82) is 0 Å². The zero-order valence-corrected chi connectivity index (χ0v) is 11.4. The molecule has 21 heavy (non-hydrogen) atoms. The van der Waals surface area contributed by atoms with Crippen LogP contribution in [0, 0.1) is 16.0 Å². The molecule has 1 heterocycles. The first-order valence-electron chi connectivity index (χ1n) is 6.73. The van der Waals surface area contributed by atoms with Crippen LogP contribution >= 0.6 is 0 Å². The van der Waals surface area contributed by atoms with Gasteiger partial charge in [-0.25, -0.2) is 0 Å². The van der Waals surface area contributed by atoms with Crippen LogP contribution in [0.25, 0.3) is 0 Å². The van der Waals surface area contributed by atoms with Gasteiger partial charge in [-0.2, -0.15) is 0 Å². The van der Waals surface area contributed by atoms with Crippen LogP contribution in [0.3, 0.4) is 0 Å². The number of nitro groups is 1. The monoisotopic (exact) mass is 292 g/mol. The van der Waals surface area contributed by atoms with E-state index in [4.69, 9.17) is 5.11 Å². The van der Waals surface area contributed by atoms with Crippen LogP contribution in [-0.4, -0.2) is 39.9 Å². The summed E-state index contributed by atoms with van der Waals surface area (Å²) in [5.74, 6) is -0.890. The van der Waals surface area contributed by atoms with Gasteiger partial charge < -0.3 is 10.0 Å². The third-order valence-corrected chi connectivity index (χ3v) is 3.64. The molecule has 0 aliphatic carbocycles. The largest absolute Gasteiger partial charge is 0.481 e. The summed E-state index contributed by atoms with van der Waals surface area (Å²) < 4.78 is 0. The molecule has 2 rings (SSSR count). The summed E-state index contributed by atoms with van der Waals surface area (Å²) in [6.07, 6.45) is 1.42. The molecular formula is C14H16N2O5. The Labute approximate surface area is 121 Å². The predicted molar refractivity (Wildman–Crippen MR) is 74.0 cm³/mol. The molecule has 7 nitrogen and oxygen atoms in total. The Hall–Kier alpha value is -2.44. The van der Waals surface area contributed by atoms with Crippen LogP contribution in [0.4, 0.5) is 5.69 Å². The number of amides is 1. The number of nitro benzene ring substituents is 1. The molecule has 1 fully saturated rings. The van der Waals surface area contributed by atoms with Crippen molar-refractivity contribution in [3.05, 3.63) is 39.9 Å². The Bertz CT molecular complexity index is 572. The molecule has 0 bridgehead atoms. The molecule has 1 aliphatic rings. The zero-order chi connectivity index (χ0) is 15.4. The molecule has 1 aliphatic heterocycles. The van der Waals surface area contributed by atoms with Gasteiger partial charge in [-0.1, -0.05) is 6.07 Å². The van der Waals surface area contributed by atoms with Gasteiger partial charge in [0.25, 0.3) is 11.6 Å². The Morgan fingerprint density at radius 2 is 2.19 bits per heavy atom. The molecule has 0 saturated carbocycles. The van der Waals surface area contributed by atoms with Crippen molar-refractivity contribution in [2.75, 3.05) is 13.1 Å². The van der Waals surface area contributed by atoms with Gasteiger partial charge in [-0.05, 0) is 24.8 Å². The van der Waals surface area contributed by atoms with Crippen LogP contribution in [0.5, 0.6) is 0 Å². The number of aliphatic carboxylic acids is 1. The van der Waals surface area contributed by atoms with Gasteiger partial charge in [0.2, 0.25) is 0 Å². The van der Waals surface area contributed by atoms with Gasteiger partial charge in [0.05, 0.1) is 4.92 Å². The summed E-state index contributed by atoms with van der Waals surface area (Å²) in [6.45, 7) is 1.07. The van der Waals surface area contributed by atoms with E-state index in [-0.39, 0.29) is 23.9 Å². The van der Waals surface area contributed by atoms with E-state index in [1.165, 1.54) is 18.2 Å². The lowest BCUT2D eigenvalue weighted by Crippen LogP contribution is -2.28. The highest BCUT2D eigenvalue weighted by atomic mass is 16.6. The van der Waals surface area contributed by atoms with Crippen LogP contribution in [0.15, 0.2) is 24.3 Å². The molecule has 1 aromatic rings. The highest BCUT2D eigenvalue weighted by Crippen LogP contribution is 2.23. The van der Waals surface area contributed by atoms with E-state index in [1.54, 1.807) is 11.0 Å². The second-order valence-corrected chi connectivity index (χ2v) is 5.15. The highest BCUT2D eigenvalue weighted by molar-refractivity contribution is 5.95. The van der Waals surface area contributed by atoms with E-state index in [9.17, 15) is 19.7 Å². The maximum Gasteiger partial charge on any atom is 0.303 e. The fourth-order valence-corrected chi connectivity index (χ4v) is 2.52. The molecule has 0 radical (unpaired) electrons. The number of carboxylic acid groups (broad SMARTS) is 1. The predicted octanol–water partition coefficient (Wildman–Crippen LogP) is 1.92. The first-order chi connectivity index (χ1) is 9.97. The number of hydrogen-bond donors (Lipinski definition) is 1. The number of carboxylic acids is 1. The van der Waals surface area contributed by atoms with Crippen LogP contribution in [-0.2, 0) is 4.79 Å². The fourth-order valence-electron chi connectivity index (χ4n) is 2.52. The average Bonchev–Trinajstić information content (AvgIpc) is 2.93. The topological polar surface area (TPSA) is 101 Å². The Balaban J connectivity index is 1.99. The minimum atomic E-state index is -0.835. The number of carbonyl (C=O) groups is 2. The van der Waals surface area contributed by atoms with Crippen LogP contribution < -0.4 is 0 Å². The molecule has 1 atom stereocenters. The molecule has 7 heteroatoms. The molecule has 1 amide bonds. The standard InChI is InChI=1S/C14H16N2O5/c17-13(18)5-4-10-6-7-15(9-10)14(19)11-2-1-3-12(8-11)16(20)21/h1-3,8,10H,4-7,9H2,(H,17,18). The van der Waals surface area contributed by atoms with Crippen molar-refractivity contribution < 1.29 is 19.6 Å². The molecule has 1 saturated heterocycles. The van der Waals surface area contributed by atoms with E-state index in [0.717, 1.165) is 6.42 Å². The number of hydrogen-bond acceptors (Lipinski definition) is 4. The number of benzene rings is 1. The minimum absolute atomic E-state index is 0.101. The highest BCUT2D eigenvalue weighted by Gasteiger charge is 2.27. The number of nitrogens with zero attached hydrogens (tertiary/aromatic N) is 2. The maximum absolute atomic E-state index is 12.3. The SMILES string of the molecule is O=C(O)CCC1CCN(C(=O)c2cccc([N+](=O)[O-])c2)C1. The third-order valence-electron chi connectivity index (χ3n) is 3.64. The van der Waals surface area contributed by atoms with Crippen LogP contribution in [0.1, 0.15) is 29.6 Å². The summed E-state index contributed by atoms with van der Waals surface area (Å²) in [5.41, 5.74) is 0.186. The summed E-state index contributed by atoms with van der Waals surface area (Å²) in [7, 11) is 0. The van der Waals surface area contributed by atoms with Crippen molar-refractivity contribution in [3.63, 3.8) is 0 Å². The Morgan fingerprint density at radius 1 is 1.43 bits per heavy atom. The molecule has 112 valence electrons. The van der Waals surface area contributed by atoms with Gasteiger partial charge >= 0.3 is 5.97 Å². The van der Waals surface area contributed by atoms with Gasteiger partial charge in [0.15, 0.2) is 0 Å². The number of rotatable bonds is 5. The lowest BCUT2D eigenvalue weighted by atomic mass is 10.0. The Morgan fingerprint density at radius 3 is 2.86 bits per heavy atom. The van der Waals surface area contributed by atoms with E-state index >= 15 is 0 Å². The van der Waals surface area contributed by atoms with E-state index < -0.39 is 10.9 Å². The molecule has 0 aromatic heterocycles. The second-order valence-electron chi connectivity index (χ2n) is 5.15. The first-order valence-corrected chi connectivity index (χ1v) is 6.73. The first kappa shape index (κ1) is 15.0. The maximum atomic E-state index is 12.3. The average molecular weight is 292 g/mol. The van der Waals surface area contributed by atoms with Gasteiger partial charge in [-0.3, -0.25) is 19.7 Å². The summed E-state index contributed by atoms with van der Waals surface area (Å²) in [6, 6.07) is 5.66. The number of non-ortho nitro benzene ring substituents is 1. The smallest absolute Gasteiger partial charge is 0.303 e. The number of carbonyl (C=O) groups excluding carboxylic acids is 1. The molecule has 1 aromatic carbocycles. The summed E-state index contributed by atoms with van der Waals surface area (Å²) in [5, 5.41) is 19.4.